The summed E-state index contributed by atoms with van der Waals surface area (Å²) in [6, 6.07) is 16.8. The van der Waals surface area contributed by atoms with Crippen molar-refractivity contribution in [3.05, 3.63) is 66.5 Å². The second-order valence-electron chi connectivity index (χ2n) is 3.70. The third kappa shape index (κ3) is 3.21. The van der Waals surface area contributed by atoms with Crippen LogP contribution in [0.25, 0.3) is 0 Å². The van der Waals surface area contributed by atoms with Crippen LogP contribution in [0, 0.1) is 0 Å². The van der Waals surface area contributed by atoms with Gasteiger partial charge in [-0.1, -0.05) is 36.4 Å². The molecule has 0 saturated heterocycles. The third-order valence-corrected chi connectivity index (χ3v) is 2.50. The highest BCUT2D eigenvalue weighted by atomic mass is 14.9. The van der Waals surface area contributed by atoms with Crippen LogP contribution < -0.4 is 4.57 Å². The van der Waals surface area contributed by atoms with E-state index in [2.05, 4.69) is 59.4 Å². The Kier molecular flexibility index (Phi) is 3.50. The van der Waals surface area contributed by atoms with Crippen molar-refractivity contribution in [1.29, 1.82) is 0 Å². The lowest BCUT2D eigenvalue weighted by molar-refractivity contribution is -0.697. The highest BCUT2D eigenvalue weighted by Gasteiger charge is 1.98. The number of hydrogen-bond acceptors (Lipinski definition) is 0. The lowest BCUT2D eigenvalue weighted by Crippen LogP contribution is -2.32. The number of aromatic nitrogens is 1. The standard InChI is InChI=1S/C14H16N/c1-3-8-14(9-4-1)10-7-13-15-11-5-2-6-12-15/h1-6,8-9,11-12H,7,10,13H2/q+1. The van der Waals surface area contributed by atoms with Gasteiger partial charge in [0.15, 0.2) is 12.4 Å². The summed E-state index contributed by atoms with van der Waals surface area (Å²) in [7, 11) is 0. The predicted octanol–water partition coefficient (Wildman–Crippen LogP) is 2.61. The Labute approximate surface area is 91.0 Å². The molecular weight excluding hydrogens is 182 g/mol. The van der Waals surface area contributed by atoms with Gasteiger partial charge in [0.05, 0.1) is 0 Å². The molecule has 1 heteroatoms. The minimum absolute atomic E-state index is 1.09. The molecule has 0 aliphatic rings. The van der Waals surface area contributed by atoms with E-state index in [1.807, 2.05) is 6.07 Å². The van der Waals surface area contributed by atoms with Crippen molar-refractivity contribution in [2.75, 3.05) is 0 Å². The average molecular weight is 198 g/mol. The van der Waals surface area contributed by atoms with Crippen LogP contribution in [0.3, 0.4) is 0 Å². The molecule has 0 aliphatic carbocycles. The second-order valence-corrected chi connectivity index (χ2v) is 3.70. The molecule has 0 saturated carbocycles. The van der Waals surface area contributed by atoms with Crippen LogP contribution in [-0.4, -0.2) is 0 Å². The van der Waals surface area contributed by atoms with Crippen LogP contribution in [-0.2, 0) is 13.0 Å². The molecule has 0 amide bonds. The summed E-state index contributed by atoms with van der Waals surface area (Å²) < 4.78 is 2.23. The molecule has 76 valence electrons. The van der Waals surface area contributed by atoms with E-state index in [0.29, 0.717) is 0 Å². The summed E-state index contributed by atoms with van der Waals surface area (Å²) in [4.78, 5) is 0. The molecule has 1 aromatic heterocycles. The van der Waals surface area contributed by atoms with Gasteiger partial charge in [-0.25, -0.2) is 4.57 Å². The van der Waals surface area contributed by atoms with Gasteiger partial charge < -0.3 is 0 Å². The molecule has 15 heavy (non-hydrogen) atoms. The van der Waals surface area contributed by atoms with Gasteiger partial charge in [-0.3, -0.25) is 0 Å². The molecule has 0 aliphatic heterocycles. The number of aryl methyl sites for hydroxylation is 2. The van der Waals surface area contributed by atoms with Crippen molar-refractivity contribution in [3.8, 4) is 0 Å². The lowest BCUT2D eigenvalue weighted by Gasteiger charge is -1.98. The lowest BCUT2D eigenvalue weighted by atomic mass is 10.1. The summed E-state index contributed by atoms with van der Waals surface area (Å²) in [5.41, 5.74) is 1.43. The van der Waals surface area contributed by atoms with Crippen molar-refractivity contribution in [1.82, 2.24) is 0 Å². The molecule has 0 atom stereocenters. The zero-order valence-electron chi connectivity index (χ0n) is 8.84. The van der Waals surface area contributed by atoms with Gasteiger partial charge in [0.1, 0.15) is 6.54 Å². The first kappa shape index (κ1) is 9.91. The summed E-state index contributed by atoms with van der Waals surface area (Å²) in [6.07, 6.45) is 6.58. The SMILES string of the molecule is c1ccc(CCC[n+]2ccccc2)cc1. The fraction of sp³-hybridized carbons (Fsp3) is 0.214. The van der Waals surface area contributed by atoms with Crippen LogP contribution in [0.1, 0.15) is 12.0 Å². The third-order valence-electron chi connectivity index (χ3n) is 2.50. The molecule has 1 heterocycles. The Bertz CT molecular complexity index is 341. The number of nitrogens with zero attached hydrogens (tertiary/aromatic N) is 1. The molecule has 0 fully saturated rings. The van der Waals surface area contributed by atoms with Crippen molar-refractivity contribution in [2.24, 2.45) is 0 Å². The summed E-state index contributed by atoms with van der Waals surface area (Å²) in [6.45, 7) is 1.09. The van der Waals surface area contributed by atoms with Crippen molar-refractivity contribution in [2.45, 2.75) is 19.4 Å². The van der Waals surface area contributed by atoms with E-state index in [1.54, 1.807) is 0 Å². The molecule has 0 radical (unpaired) electrons. The molecule has 0 N–H and O–H groups in total. The van der Waals surface area contributed by atoms with Gasteiger partial charge >= 0.3 is 0 Å². The maximum Gasteiger partial charge on any atom is 0.168 e. The van der Waals surface area contributed by atoms with E-state index in [0.717, 1.165) is 13.0 Å². The van der Waals surface area contributed by atoms with E-state index in [4.69, 9.17) is 0 Å². The molecule has 0 spiro atoms. The van der Waals surface area contributed by atoms with Crippen molar-refractivity contribution in [3.63, 3.8) is 0 Å². The van der Waals surface area contributed by atoms with Gasteiger partial charge in [-0.05, 0) is 12.0 Å². The van der Waals surface area contributed by atoms with E-state index in [9.17, 15) is 0 Å². The molecule has 0 unspecified atom stereocenters. The first-order chi connectivity index (χ1) is 7.45. The Morgan fingerprint density at radius 2 is 1.47 bits per heavy atom. The number of hydrogen-bond donors (Lipinski definition) is 0. The van der Waals surface area contributed by atoms with Crippen LogP contribution in [0.15, 0.2) is 60.9 Å². The first-order valence-corrected chi connectivity index (χ1v) is 5.43. The molecule has 0 bridgehead atoms. The highest BCUT2D eigenvalue weighted by Crippen LogP contribution is 2.01. The average Bonchev–Trinajstić information content (AvgIpc) is 2.32. The van der Waals surface area contributed by atoms with Gasteiger partial charge in [0, 0.05) is 18.6 Å². The summed E-state index contributed by atoms with van der Waals surface area (Å²) in [5, 5.41) is 0. The van der Waals surface area contributed by atoms with Gasteiger partial charge in [-0.2, -0.15) is 0 Å². The molecule has 2 rings (SSSR count). The maximum atomic E-state index is 2.23. The fourth-order valence-corrected chi connectivity index (χ4v) is 1.69. The number of benzene rings is 1. The topological polar surface area (TPSA) is 3.88 Å². The first-order valence-electron chi connectivity index (χ1n) is 5.43. The minimum Gasteiger partial charge on any atom is -0.205 e. The Balaban J connectivity index is 1.81. The van der Waals surface area contributed by atoms with Crippen LogP contribution >= 0.6 is 0 Å². The van der Waals surface area contributed by atoms with Gasteiger partial charge in [0.25, 0.3) is 0 Å². The maximum absolute atomic E-state index is 2.23. The smallest absolute Gasteiger partial charge is 0.168 e. The quantitative estimate of drug-likeness (QED) is 0.665. The van der Waals surface area contributed by atoms with Gasteiger partial charge in [0.2, 0.25) is 0 Å². The van der Waals surface area contributed by atoms with E-state index in [-0.39, 0.29) is 0 Å². The molecule has 2 aromatic rings. The van der Waals surface area contributed by atoms with Gasteiger partial charge in [-0.15, -0.1) is 0 Å². The van der Waals surface area contributed by atoms with Crippen LogP contribution in [0.4, 0.5) is 0 Å². The minimum atomic E-state index is 1.09. The Hall–Kier alpha value is -1.63. The largest absolute Gasteiger partial charge is 0.205 e. The molecule has 1 aromatic carbocycles. The second kappa shape index (κ2) is 5.30. The highest BCUT2D eigenvalue weighted by molar-refractivity contribution is 5.14. The zero-order valence-corrected chi connectivity index (χ0v) is 8.84. The predicted molar refractivity (Wildman–Crippen MR) is 61.4 cm³/mol. The normalized spacial score (nSPS) is 10.1. The summed E-state index contributed by atoms with van der Waals surface area (Å²) >= 11 is 0. The molecular formula is C14H16N+. The van der Waals surface area contributed by atoms with Crippen molar-refractivity contribution < 1.29 is 4.57 Å². The Morgan fingerprint density at radius 3 is 2.20 bits per heavy atom. The van der Waals surface area contributed by atoms with Crippen molar-refractivity contribution >= 4 is 0 Å². The summed E-state index contributed by atoms with van der Waals surface area (Å²) in [5.74, 6) is 0. The number of pyridine rings is 1. The van der Waals surface area contributed by atoms with E-state index >= 15 is 0 Å². The number of rotatable bonds is 4. The Morgan fingerprint density at radius 1 is 0.800 bits per heavy atom. The fourth-order valence-electron chi connectivity index (χ4n) is 1.69. The van der Waals surface area contributed by atoms with E-state index in [1.165, 1.54) is 12.0 Å². The van der Waals surface area contributed by atoms with Crippen LogP contribution in [0.5, 0.6) is 0 Å². The molecule has 1 nitrogen and oxygen atoms in total. The monoisotopic (exact) mass is 198 g/mol. The van der Waals surface area contributed by atoms with Crippen LogP contribution in [0.2, 0.25) is 0 Å². The van der Waals surface area contributed by atoms with E-state index < -0.39 is 0 Å². The zero-order chi connectivity index (χ0) is 10.3.